The number of aliphatic hydroxyl groups is 1. The molecule has 1 aromatic rings. The van der Waals surface area contributed by atoms with Gasteiger partial charge >= 0.3 is 6.61 Å². The van der Waals surface area contributed by atoms with Gasteiger partial charge in [0.05, 0.1) is 6.10 Å². The molecule has 0 aliphatic heterocycles. The van der Waals surface area contributed by atoms with Crippen LogP contribution in [0.2, 0.25) is 0 Å². The SMILES string of the molecule is CC(O)CC(C)CNC(=O)c1cccc(OC(F)F)c1. The van der Waals surface area contributed by atoms with Gasteiger partial charge in [-0.15, -0.1) is 0 Å². The van der Waals surface area contributed by atoms with Gasteiger partial charge in [-0.05, 0) is 37.5 Å². The van der Waals surface area contributed by atoms with Crippen molar-refractivity contribution in [2.45, 2.75) is 33.0 Å². The van der Waals surface area contributed by atoms with E-state index in [-0.39, 0.29) is 23.1 Å². The average Bonchev–Trinajstić information content (AvgIpc) is 2.34. The molecule has 6 heteroatoms. The van der Waals surface area contributed by atoms with E-state index in [4.69, 9.17) is 0 Å². The molecule has 0 radical (unpaired) electrons. The van der Waals surface area contributed by atoms with Crippen molar-refractivity contribution < 1.29 is 23.4 Å². The first-order valence-corrected chi connectivity index (χ1v) is 6.39. The number of nitrogens with one attached hydrogen (secondary N) is 1. The van der Waals surface area contributed by atoms with Gasteiger partial charge in [-0.2, -0.15) is 8.78 Å². The van der Waals surface area contributed by atoms with E-state index in [1.807, 2.05) is 6.92 Å². The first-order chi connectivity index (χ1) is 9.38. The second-order valence-corrected chi connectivity index (χ2v) is 4.81. The Morgan fingerprint density at radius 1 is 1.40 bits per heavy atom. The van der Waals surface area contributed by atoms with Crippen LogP contribution < -0.4 is 10.1 Å². The van der Waals surface area contributed by atoms with Crippen molar-refractivity contribution in [2.75, 3.05) is 6.54 Å². The number of halogens is 2. The number of alkyl halides is 2. The molecule has 1 amide bonds. The molecule has 0 aromatic heterocycles. The molecule has 2 atom stereocenters. The van der Waals surface area contributed by atoms with Crippen LogP contribution in [0.1, 0.15) is 30.6 Å². The zero-order valence-electron chi connectivity index (χ0n) is 11.5. The number of aliphatic hydroxyl groups excluding tert-OH is 1. The maximum absolute atomic E-state index is 12.1. The van der Waals surface area contributed by atoms with Gasteiger partial charge in [0.15, 0.2) is 0 Å². The van der Waals surface area contributed by atoms with Crippen LogP contribution >= 0.6 is 0 Å². The van der Waals surface area contributed by atoms with E-state index < -0.39 is 12.7 Å². The Bertz CT molecular complexity index is 438. The lowest BCUT2D eigenvalue weighted by Crippen LogP contribution is -2.29. The van der Waals surface area contributed by atoms with E-state index in [9.17, 15) is 18.7 Å². The van der Waals surface area contributed by atoms with Crippen LogP contribution in [-0.4, -0.2) is 30.3 Å². The second-order valence-electron chi connectivity index (χ2n) is 4.81. The minimum atomic E-state index is -2.92. The molecule has 1 aromatic carbocycles. The number of ether oxygens (including phenoxy) is 1. The Labute approximate surface area is 116 Å². The quantitative estimate of drug-likeness (QED) is 0.809. The van der Waals surface area contributed by atoms with Gasteiger partial charge in [-0.25, -0.2) is 0 Å². The summed E-state index contributed by atoms with van der Waals surface area (Å²) in [6.45, 7) is 1.08. The first-order valence-electron chi connectivity index (χ1n) is 6.39. The summed E-state index contributed by atoms with van der Waals surface area (Å²) in [5.74, 6) is -0.286. The number of hydrogen-bond acceptors (Lipinski definition) is 3. The molecule has 20 heavy (non-hydrogen) atoms. The van der Waals surface area contributed by atoms with E-state index in [0.29, 0.717) is 13.0 Å². The highest BCUT2D eigenvalue weighted by Crippen LogP contribution is 2.16. The lowest BCUT2D eigenvalue weighted by atomic mass is 10.0. The van der Waals surface area contributed by atoms with E-state index in [1.54, 1.807) is 6.92 Å². The van der Waals surface area contributed by atoms with Crippen molar-refractivity contribution in [2.24, 2.45) is 5.92 Å². The largest absolute Gasteiger partial charge is 0.435 e. The molecule has 0 aliphatic rings. The standard InChI is InChI=1S/C14H19F2NO3/c1-9(6-10(2)18)8-17-13(19)11-4-3-5-12(7-11)20-14(15)16/h3-5,7,9-10,14,18H,6,8H2,1-2H3,(H,17,19). The molecular weight excluding hydrogens is 268 g/mol. The molecule has 2 unspecified atom stereocenters. The summed E-state index contributed by atoms with van der Waals surface area (Å²) >= 11 is 0. The topological polar surface area (TPSA) is 58.6 Å². The van der Waals surface area contributed by atoms with Gasteiger partial charge in [0.1, 0.15) is 5.75 Å². The Kier molecular flexibility index (Phi) is 6.38. The van der Waals surface area contributed by atoms with Gasteiger partial charge in [-0.1, -0.05) is 13.0 Å². The molecule has 2 N–H and O–H groups in total. The molecule has 0 saturated heterocycles. The maximum Gasteiger partial charge on any atom is 0.387 e. The zero-order valence-corrected chi connectivity index (χ0v) is 11.5. The fraction of sp³-hybridized carbons (Fsp3) is 0.500. The number of hydrogen-bond donors (Lipinski definition) is 2. The number of benzene rings is 1. The van der Waals surface area contributed by atoms with Gasteiger partial charge in [0, 0.05) is 12.1 Å². The lowest BCUT2D eigenvalue weighted by molar-refractivity contribution is -0.0498. The maximum atomic E-state index is 12.1. The normalized spacial score (nSPS) is 13.9. The summed E-state index contributed by atoms with van der Waals surface area (Å²) in [5.41, 5.74) is 0.257. The summed E-state index contributed by atoms with van der Waals surface area (Å²) in [4.78, 5) is 11.9. The smallest absolute Gasteiger partial charge is 0.387 e. The highest BCUT2D eigenvalue weighted by Gasteiger charge is 2.11. The average molecular weight is 287 g/mol. The highest BCUT2D eigenvalue weighted by atomic mass is 19.3. The summed E-state index contributed by atoms with van der Waals surface area (Å²) in [7, 11) is 0. The molecule has 0 aliphatic carbocycles. The predicted molar refractivity (Wildman–Crippen MR) is 70.9 cm³/mol. The van der Waals surface area contributed by atoms with E-state index in [0.717, 1.165) is 0 Å². The van der Waals surface area contributed by atoms with Crippen LogP contribution in [0.5, 0.6) is 5.75 Å². The number of carbonyl (C=O) groups excluding carboxylic acids is 1. The number of amides is 1. The molecule has 0 bridgehead atoms. The third kappa shape index (κ3) is 5.97. The van der Waals surface area contributed by atoms with Crippen molar-refractivity contribution in [3.05, 3.63) is 29.8 Å². The minimum Gasteiger partial charge on any atom is -0.435 e. The number of carbonyl (C=O) groups is 1. The third-order valence-electron chi connectivity index (χ3n) is 2.68. The predicted octanol–water partition coefficient (Wildman–Crippen LogP) is 2.42. The fourth-order valence-electron chi connectivity index (χ4n) is 1.85. The summed E-state index contributed by atoms with van der Waals surface area (Å²) in [5, 5.41) is 11.9. The van der Waals surface area contributed by atoms with Crippen molar-refractivity contribution >= 4 is 5.91 Å². The van der Waals surface area contributed by atoms with Gasteiger partial charge in [0.25, 0.3) is 5.91 Å². The molecule has 0 fully saturated rings. The zero-order chi connectivity index (χ0) is 15.1. The van der Waals surface area contributed by atoms with Crippen LogP contribution in [0.3, 0.4) is 0 Å². The molecule has 0 heterocycles. The molecule has 0 saturated carbocycles. The minimum absolute atomic E-state index is 0.0512. The van der Waals surface area contributed by atoms with Crippen LogP contribution in [0.4, 0.5) is 8.78 Å². The Balaban J connectivity index is 2.55. The van der Waals surface area contributed by atoms with E-state index >= 15 is 0 Å². The monoisotopic (exact) mass is 287 g/mol. The van der Waals surface area contributed by atoms with Crippen LogP contribution in [-0.2, 0) is 0 Å². The molecule has 112 valence electrons. The third-order valence-corrected chi connectivity index (χ3v) is 2.68. The number of rotatable bonds is 7. The first kappa shape index (κ1) is 16.4. The highest BCUT2D eigenvalue weighted by molar-refractivity contribution is 5.94. The Morgan fingerprint density at radius 2 is 2.10 bits per heavy atom. The van der Waals surface area contributed by atoms with E-state index in [2.05, 4.69) is 10.1 Å². The van der Waals surface area contributed by atoms with Crippen LogP contribution in [0, 0.1) is 5.92 Å². The fourth-order valence-corrected chi connectivity index (χ4v) is 1.85. The summed E-state index contributed by atoms with van der Waals surface area (Å²) < 4.78 is 28.4. The molecule has 0 spiro atoms. The van der Waals surface area contributed by atoms with Crippen molar-refractivity contribution in [3.8, 4) is 5.75 Å². The Hall–Kier alpha value is -1.69. The van der Waals surface area contributed by atoms with Gasteiger partial charge in [-0.3, -0.25) is 4.79 Å². The lowest BCUT2D eigenvalue weighted by Gasteiger charge is -2.14. The van der Waals surface area contributed by atoms with E-state index in [1.165, 1.54) is 24.3 Å². The van der Waals surface area contributed by atoms with Crippen LogP contribution in [0.15, 0.2) is 24.3 Å². The van der Waals surface area contributed by atoms with Gasteiger partial charge < -0.3 is 15.2 Å². The van der Waals surface area contributed by atoms with Crippen molar-refractivity contribution in [1.29, 1.82) is 0 Å². The van der Waals surface area contributed by atoms with Crippen molar-refractivity contribution in [1.82, 2.24) is 5.32 Å². The summed E-state index contributed by atoms with van der Waals surface area (Å²) in [6.07, 6.45) is 0.152. The molecule has 1 rings (SSSR count). The second kappa shape index (κ2) is 7.79. The van der Waals surface area contributed by atoms with Crippen LogP contribution in [0.25, 0.3) is 0 Å². The van der Waals surface area contributed by atoms with Crippen molar-refractivity contribution in [3.63, 3.8) is 0 Å². The summed E-state index contributed by atoms with van der Waals surface area (Å²) in [6, 6.07) is 5.62. The molecular formula is C14H19F2NO3. The Morgan fingerprint density at radius 3 is 2.70 bits per heavy atom. The van der Waals surface area contributed by atoms with Gasteiger partial charge in [0.2, 0.25) is 0 Å². The molecule has 4 nitrogen and oxygen atoms in total.